The minimum Gasteiger partial charge on any atom is -0.481 e. The van der Waals surface area contributed by atoms with Gasteiger partial charge in [0.25, 0.3) is 0 Å². The van der Waals surface area contributed by atoms with Crippen LogP contribution in [0.5, 0.6) is 0 Å². The van der Waals surface area contributed by atoms with Crippen molar-refractivity contribution in [1.82, 2.24) is 0 Å². The molecule has 0 aliphatic carbocycles. The molecule has 0 saturated carbocycles. The van der Waals surface area contributed by atoms with Crippen LogP contribution in [0.4, 0.5) is 0 Å². The molecule has 1 heterocycles. The summed E-state index contributed by atoms with van der Waals surface area (Å²) < 4.78 is 5.51. The predicted molar refractivity (Wildman–Crippen MR) is 59.7 cm³/mol. The van der Waals surface area contributed by atoms with Gasteiger partial charge in [-0.1, -0.05) is 18.2 Å². The fourth-order valence-corrected chi connectivity index (χ4v) is 1.68. The third-order valence-electron chi connectivity index (χ3n) is 2.49. The first-order valence-corrected chi connectivity index (χ1v) is 5.15. The van der Waals surface area contributed by atoms with Crippen LogP contribution in [0.3, 0.4) is 0 Å². The van der Waals surface area contributed by atoms with Crippen LogP contribution in [-0.4, -0.2) is 29.6 Å². The first-order valence-electron chi connectivity index (χ1n) is 5.15. The molecule has 1 N–H and O–H groups in total. The standard InChI is InChI=1S/C12H13NO3/c1-8-4-2-3-5-10(8)12-13-7-9(16-12)6-11(14)15/h2-5,9H,6-7H2,1H3,(H,14,15). The van der Waals surface area contributed by atoms with E-state index in [-0.39, 0.29) is 12.5 Å². The Labute approximate surface area is 93.6 Å². The summed E-state index contributed by atoms with van der Waals surface area (Å²) in [7, 11) is 0. The average Bonchev–Trinajstić information content (AvgIpc) is 2.66. The third-order valence-corrected chi connectivity index (χ3v) is 2.49. The summed E-state index contributed by atoms with van der Waals surface area (Å²) in [6, 6.07) is 7.77. The molecule has 16 heavy (non-hydrogen) atoms. The highest BCUT2D eigenvalue weighted by molar-refractivity contribution is 5.96. The summed E-state index contributed by atoms with van der Waals surface area (Å²) in [5.74, 6) is -0.296. The second-order valence-corrected chi connectivity index (χ2v) is 3.80. The van der Waals surface area contributed by atoms with E-state index in [1.807, 2.05) is 31.2 Å². The van der Waals surface area contributed by atoms with Crippen LogP contribution in [0.25, 0.3) is 0 Å². The van der Waals surface area contributed by atoms with Crippen LogP contribution in [0.2, 0.25) is 0 Å². The number of benzene rings is 1. The van der Waals surface area contributed by atoms with E-state index in [9.17, 15) is 4.79 Å². The maximum Gasteiger partial charge on any atom is 0.307 e. The molecule has 1 atom stereocenters. The van der Waals surface area contributed by atoms with Gasteiger partial charge in [-0.2, -0.15) is 0 Å². The molecule has 0 amide bonds. The highest BCUT2D eigenvalue weighted by atomic mass is 16.5. The highest BCUT2D eigenvalue weighted by Gasteiger charge is 2.23. The molecule has 4 heteroatoms. The molecule has 0 aromatic heterocycles. The quantitative estimate of drug-likeness (QED) is 0.840. The van der Waals surface area contributed by atoms with E-state index in [2.05, 4.69) is 4.99 Å². The number of nitrogens with zero attached hydrogens (tertiary/aromatic N) is 1. The maximum absolute atomic E-state index is 10.5. The van der Waals surface area contributed by atoms with Crippen molar-refractivity contribution in [2.45, 2.75) is 19.4 Å². The van der Waals surface area contributed by atoms with Gasteiger partial charge < -0.3 is 9.84 Å². The minimum absolute atomic E-state index is 0.00111. The van der Waals surface area contributed by atoms with Gasteiger partial charge in [0.15, 0.2) is 0 Å². The van der Waals surface area contributed by atoms with Crippen molar-refractivity contribution in [2.24, 2.45) is 4.99 Å². The molecule has 0 fully saturated rings. The van der Waals surface area contributed by atoms with Gasteiger partial charge in [0.1, 0.15) is 6.10 Å². The minimum atomic E-state index is -0.855. The Hall–Kier alpha value is -1.84. The molecule has 0 spiro atoms. The Kier molecular flexibility index (Phi) is 2.90. The van der Waals surface area contributed by atoms with E-state index >= 15 is 0 Å². The zero-order chi connectivity index (χ0) is 11.5. The lowest BCUT2D eigenvalue weighted by Gasteiger charge is -2.09. The van der Waals surface area contributed by atoms with E-state index in [1.165, 1.54) is 0 Å². The number of ether oxygens (including phenoxy) is 1. The molecule has 1 aliphatic heterocycles. The Morgan fingerprint density at radius 3 is 3.00 bits per heavy atom. The third kappa shape index (κ3) is 2.21. The van der Waals surface area contributed by atoms with Gasteiger partial charge in [0.05, 0.1) is 13.0 Å². The molecule has 1 aliphatic rings. The van der Waals surface area contributed by atoms with Crippen LogP contribution < -0.4 is 0 Å². The molecule has 84 valence electrons. The van der Waals surface area contributed by atoms with Crippen LogP contribution in [0.15, 0.2) is 29.3 Å². The van der Waals surface area contributed by atoms with Crippen molar-refractivity contribution in [2.75, 3.05) is 6.54 Å². The molecule has 0 bridgehead atoms. The van der Waals surface area contributed by atoms with E-state index < -0.39 is 5.97 Å². The number of hydrogen-bond acceptors (Lipinski definition) is 3. The first kappa shape index (κ1) is 10.7. The molecule has 1 aromatic carbocycles. The van der Waals surface area contributed by atoms with Gasteiger partial charge in [0, 0.05) is 5.56 Å². The molecular formula is C12H13NO3. The van der Waals surface area contributed by atoms with Gasteiger partial charge >= 0.3 is 5.97 Å². The van der Waals surface area contributed by atoms with E-state index in [1.54, 1.807) is 0 Å². The molecule has 0 radical (unpaired) electrons. The Morgan fingerprint density at radius 2 is 2.31 bits per heavy atom. The Morgan fingerprint density at radius 1 is 1.56 bits per heavy atom. The van der Waals surface area contributed by atoms with Gasteiger partial charge in [-0.3, -0.25) is 4.79 Å². The predicted octanol–water partition coefficient (Wildman–Crippen LogP) is 1.62. The Bertz CT molecular complexity index is 440. The van der Waals surface area contributed by atoms with Crippen LogP contribution in [-0.2, 0) is 9.53 Å². The number of hydrogen-bond donors (Lipinski definition) is 1. The second kappa shape index (κ2) is 4.35. The fraction of sp³-hybridized carbons (Fsp3) is 0.333. The van der Waals surface area contributed by atoms with E-state index in [0.717, 1.165) is 11.1 Å². The fourth-order valence-electron chi connectivity index (χ4n) is 1.68. The van der Waals surface area contributed by atoms with Gasteiger partial charge in [0.2, 0.25) is 5.90 Å². The number of carbonyl (C=O) groups is 1. The summed E-state index contributed by atoms with van der Waals surface area (Å²) in [6.45, 7) is 2.40. The summed E-state index contributed by atoms with van der Waals surface area (Å²) in [5.41, 5.74) is 2.02. The lowest BCUT2D eigenvalue weighted by molar-refractivity contribution is -0.138. The summed E-state index contributed by atoms with van der Waals surface area (Å²) in [5, 5.41) is 8.65. The molecule has 1 aromatic rings. The largest absolute Gasteiger partial charge is 0.481 e. The zero-order valence-electron chi connectivity index (χ0n) is 9.01. The zero-order valence-corrected chi connectivity index (χ0v) is 9.01. The number of carboxylic acids is 1. The van der Waals surface area contributed by atoms with Crippen molar-refractivity contribution in [3.8, 4) is 0 Å². The van der Waals surface area contributed by atoms with Crippen molar-refractivity contribution >= 4 is 11.9 Å². The van der Waals surface area contributed by atoms with Crippen molar-refractivity contribution in [1.29, 1.82) is 0 Å². The van der Waals surface area contributed by atoms with Gasteiger partial charge in [-0.25, -0.2) is 4.99 Å². The number of carboxylic acid groups (broad SMARTS) is 1. The summed E-state index contributed by atoms with van der Waals surface area (Å²) >= 11 is 0. The van der Waals surface area contributed by atoms with Crippen molar-refractivity contribution < 1.29 is 14.6 Å². The number of aliphatic carboxylic acids is 1. The molecular weight excluding hydrogens is 206 g/mol. The summed E-state index contributed by atoms with van der Waals surface area (Å²) in [6.07, 6.45) is -0.328. The topological polar surface area (TPSA) is 58.9 Å². The number of aryl methyl sites for hydroxylation is 1. The molecule has 4 nitrogen and oxygen atoms in total. The lowest BCUT2D eigenvalue weighted by atomic mass is 10.1. The molecule has 2 rings (SSSR count). The highest BCUT2D eigenvalue weighted by Crippen LogP contribution is 2.17. The van der Waals surface area contributed by atoms with Crippen LogP contribution in [0.1, 0.15) is 17.5 Å². The van der Waals surface area contributed by atoms with Crippen LogP contribution in [0, 0.1) is 6.92 Å². The lowest BCUT2D eigenvalue weighted by Crippen LogP contribution is -2.18. The maximum atomic E-state index is 10.5. The normalized spacial score (nSPS) is 19.1. The monoisotopic (exact) mass is 219 g/mol. The van der Waals surface area contributed by atoms with Gasteiger partial charge in [-0.05, 0) is 18.6 Å². The average molecular weight is 219 g/mol. The number of aliphatic imine (C=N–C) groups is 1. The molecule has 0 saturated heterocycles. The van der Waals surface area contributed by atoms with Crippen molar-refractivity contribution in [3.05, 3.63) is 35.4 Å². The smallest absolute Gasteiger partial charge is 0.307 e. The number of rotatable bonds is 3. The van der Waals surface area contributed by atoms with E-state index in [0.29, 0.717) is 12.4 Å². The molecule has 1 unspecified atom stereocenters. The second-order valence-electron chi connectivity index (χ2n) is 3.80. The SMILES string of the molecule is Cc1ccccc1C1=NCC(CC(=O)O)O1. The summed E-state index contributed by atoms with van der Waals surface area (Å²) in [4.78, 5) is 14.8. The van der Waals surface area contributed by atoms with Gasteiger partial charge in [-0.15, -0.1) is 0 Å². The Balaban J connectivity index is 2.09. The van der Waals surface area contributed by atoms with E-state index in [4.69, 9.17) is 9.84 Å². The van der Waals surface area contributed by atoms with Crippen molar-refractivity contribution in [3.63, 3.8) is 0 Å². The first-order chi connectivity index (χ1) is 7.66. The van der Waals surface area contributed by atoms with Crippen LogP contribution >= 0.6 is 0 Å².